The molecule has 2 N–H and O–H groups in total. The highest BCUT2D eigenvalue weighted by molar-refractivity contribution is 5.92. The minimum Gasteiger partial charge on any atom is -0.326 e. The molecule has 1 aliphatic rings. The second kappa shape index (κ2) is 10.3. The Bertz CT molecular complexity index is 944. The van der Waals surface area contributed by atoms with Crippen LogP contribution in [0.5, 0.6) is 0 Å². The molecule has 0 spiro atoms. The maximum atomic E-state index is 12.5. The lowest BCUT2D eigenvalue weighted by Crippen LogP contribution is -2.40. The first-order valence-corrected chi connectivity index (χ1v) is 10.1. The number of tetrazole rings is 1. The van der Waals surface area contributed by atoms with E-state index in [4.69, 9.17) is 0 Å². The lowest BCUT2D eigenvalue weighted by atomic mass is 9.92. The molecule has 8 heteroatoms. The Balaban J connectivity index is 0.00000256. The molecule has 1 amide bonds. The lowest BCUT2D eigenvalue weighted by Gasteiger charge is -2.27. The van der Waals surface area contributed by atoms with E-state index in [0.717, 1.165) is 42.6 Å². The van der Waals surface area contributed by atoms with Crippen molar-refractivity contribution < 1.29 is 4.79 Å². The van der Waals surface area contributed by atoms with Crippen LogP contribution in [0.25, 0.3) is 11.4 Å². The minimum atomic E-state index is 0. The molecule has 4 rings (SSSR count). The Morgan fingerprint density at radius 1 is 1.17 bits per heavy atom. The third kappa shape index (κ3) is 5.64. The van der Waals surface area contributed by atoms with Gasteiger partial charge in [0, 0.05) is 23.2 Å². The van der Waals surface area contributed by atoms with E-state index in [9.17, 15) is 4.79 Å². The fraction of sp³-hybridized carbons (Fsp3) is 0.364. The van der Waals surface area contributed by atoms with E-state index in [1.54, 1.807) is 4.80 Å². The highest BCUT2D eigenvalue weighted by atomic mass is 35.5. The van der Waals surface area contributed by atoms with Crippen LogP contribution in [0.15, 0.2) is 54.6 Å². The lowest BCUT2D eigenvalue weighted by molar-refractivity contribution is -0.120. The Morgan fingerprint density at radius 2 is 1.93 bits per heavy atom. The van der Waals surface area contributed by atoms with E-state index in [1.807, 2.05) is 54.6 Å². The molecular formula is C22H27ClN6O. The number of piperidine rings is 1. The van der Waals surface area contributed by atoms with Gasteiger partial charge in [0.2, 0.25) is 11.7 Å². The number of anilines is 1. The Hall–Kier alpha value is -2.77. The highest BCUT2D eigenvalue weighted by Gasteiger charge is 2.24. The first-order chi connectivity index (χ1) is 14.2. The number of hydrogen-bond acceptors (Lipinski definition) is 5. The van der Waals surface area contributed by atoms with Crippen LogP contribution in [0, 0.1) is 5.92 Å². The molecule has 3 aromatic rings. The smallest absolute Gasteiger partial charge is 0.227 e. The van der Waals surface area contributed by atoms with Crippen molar-refractivity contribution in [2.75, 3.05) is 11.9 Å². The number of benzene rings is 2. The third-order valence-electron chi connectivity index (χ3n) is 5.30. The van der Waals surface area contributed by atoms with Gasteiger partial charge in [-0.25, -0.2) is 0 Å². The van der Waals surface area contributed by atoms with Crippen LogP contribution < -0.4 is 10.6 Å². The van der Waals surface area contributed by atoms with Crippen LogP contribution in [0.3, 0.4) is 0 Å². The maximum Gasteiger partial charge on any atom is 0.227 e. The largest absolute Gasteiger partial charge is 0.326 e. The number of nitrogens with one attached hydrogen (secondary N) is 2. The van der Waals surface area contributed by atoms with Gasteiger partial charge in [-0.05, 0) is 55.6 Å². The van der Waals surface area contributed by atoms with E-state index < -0.39 is 0 Å². The number of aromatic nitrogens is 4. The van der Waals surface area contributed by atoms with Crippen molar-refractivity contribution in [2.24, 2.45) is 5.92 Å². The van der Waals surface area contributed by atoms with Gasteiger partial charge < -0.3 is 10.6 Å². The van der Waals surface area contributed by atoms with Crippen molar-refractivity contribution in [1.82, 2.24) is 25.5 Å². The zero-order chi connectivity index (χ0) is 20.1. The fourth-order valence-corrected chi connectivity index (χ4v) is 3.64. The van der Waals surface area contributed by atoms with Gasteiger partial charge in [0.25, 0.3) is 0 Å². The zero-order valence-corrected chi connectivity index (χ0v) is 17.8. The Morgan fingerprint density at radius 3 is 2.67 bits per heavy atom. The summed E-state index contributed by atoms with van der Waals surface area (Å²) in [6, 6.07) is 18.2. The van der Waals surface area contributed by atoms with E-state index >= 15 is 0 Å². The molecule has 0 aliphatic carbocycles. The van der Waals surface area contributed by atoms with Gasteiger partial charge in [-0.1, -0.05) is 42.5 Å². The molecule has 1 saturated heterocycles. The summed E-state index contributed by atoms with van der Waals surface area (Å²) < 4.78 is 0. The predicted molar refractivity (Wildman–Crippen MR) is 119 cm³/mol. The topological polar surface area (TPSA) is 84.7 Å². The summed E-state index contributed by atoms with van der Waals surface area (Å²) in [6.45, 7) is 3.68. The van der Waals surface area contributed by atoms with Crippen molar-refractivity contribution in [3.05, 3.63) is 60.2 Å². The summed E-state index contributed by atoms with van der Waals surface area (Å²) in [5.74, 6) is 0.838. The molecule has 2 aromatic carbocycles. The van der Waals surface area contributed by atoms with E-state index in [0.29, 0.717) is 18.4 Å². The quantitative estimate of drug-likeness (QED) is 0.631. The molecule has 2 atom stereocenters. The Kier molecular flexibility index (Phi) is 7.54. The van der Waals surface area contributed by atoms with Crippen molar-refractivity contribution in [1.29, 1.82) is 0 Å². The molecule has 30 heavy (non-hydrogen) atoms. The number of carbonyl (C=O) groups is 1. The second-order valence-corrected chi connectivity index (χ2v) is 7.59. The SMILES string of the molecule is C[C@H]1C[C@@H](C(=O)Nc2ccc(CCn3nnc(-c4ccccc4)n3)cc2)CCN1.Cl. The number of halogens is 1. The summed E-state index contributed by atoms with van der Waals surface area (Å²) in [5, 5.41) is 19.1. The van der Waals surface area contributed by atoms with E-state index in [2.05, 4.69) is 33.0 Å². The van der Waals surface area contributed by atoms with Crippen molar-refractivity contribution in [3.63, 3.8) is 0 Å². The van der Waals surface area contributed by atoms with Crippen LogP contribution in [0.2, 0.25) is 0 Å². The summed E-state index contributed by atoms with van der Waals surface area (Å²) in [5.41, 5.74) is 2.97. The van der Waals surface area contributed by atoms with Crippen LogP contribution >= 0.6 is 12.4 Å². The normalized spacial score (nSPS) is 18.4. The molecule has 1 aromatic heterocycles. The summed E-state index contributed by atoms with van der Waals surface area (Å²) >= 11 is 0. The van der Waals surface area contributed by atoms with Gasteiger partial charge in [0.05, 0.1) is 6.54 Å². The summed E-state index contributed by atoms with van der Waals surface area (Å²) in [4.78, 5) is 14.1. The minimum absolute atomic E-state index is 0. The van der Waals surface area contributed by atoms with E-state index in [1.165, 1.54) is 0 Å². The standard InChI is InChI=1S/C22H26N6O.ClH/c1-16-15-19(11-13-23-16)22(29)24-20-9-7-17(8-10-20)12-14-28-26-21(25-27-28)18-5-3-2-4-6-18;/h2-10,16,19,23H,11-15H2,1H3,(H,24,29);1H/t16-,19-;/m0./s1. The second-order valence-electron chi connectivity index (χ2n) is 7.59. The Labute approximate surface area is 182 Å². The predicted octanol–water partition coefficient (Wildman–Crippen LogP) is 3.33. The molecule has 0 unspecified atom stereocenters. The number of rotatable bonds is 6. The molecular weight excluding hydrogens is 400 g/mol. The maximum absolute atomic E-state index is 12.5. The molecule has 1 aliphatic heterocycles. The molecule has 158 valence electrons. The van der Waals surface area contributed by atoms with Gasteiger partial charge in [0.15, 0.2) is 0 Å². The van der Waals surface area contributed by atoms with Gasteiger partial charge in [-0.15, -0.1) is 22.6 Å². The molecule has 0 radical (unpaired) electrons. The van der Waals surface area contributed by atoms with Crippen LogP contribution in [0.1, 0.15) is 25.3 Å². The molecule has 7 nitrogen and oxygen atoms in total. The average Bonchev–Trinajstić information content (AvgIpc) is 3.23. The van der Waals surface area contributed by atoms with Gasteiger partial charge in [-0.2, -0.15) is 4.80 Å². The highest BCUT2D eigenvalue weighted by Crippen LogP contribution is 2.19. The first kappa shape index (κ1) is 21.9. The molecule has 0 saturated carbocycles. The number of aryl methyl sites for hydroxylation is 2. The average molecular weight is 427 g/mol. The van der Waals surface area contributed by atoms with E-state index in [-0.39, 0.29) is 24.2 Å². The van der Waals surface area contributed by atoms with Crippen LogP contribution in [-0.4, -0.2) is 38.7 Å². The number of nitrogens with zero attached hydrogens (tertiary/aromatic N) is 4. The van der Waals surface area contributed by atoms with Crippen molar-refractivity contribution in [2.45, 2.75) is 38.8 Å². The van der Waals surface area contributed by atoms with Gasteiger partial charge in [-0.3, -0.25) is 4.79 Å². The summed E-state index contributed by atoms with van der Waals surface area (Å²) in [7, 11) is 0. The molecule has 1 fully saturated rings. The summed E-state index contributed by atoms with van der Waals surface area (Å²) in [6.07, 6.45) is 2.58. The van der Waals surface area contributed by atoms with Gasteiger partial charge >= 0.3 is 0 Å². The number of hydrogen-bond donors (Lipinski definition) is 2. The fourth-order valence-electron chi connectivity index (χ4n) is 3.64. The van der Waals surface area contributed by atoms with Crippen LogP contribution in [-0.2, 0) is 17.8 Å². The monoisotopic (exact) mass is 426 g/mol. The molecule has 0 bridgehead atoms. The zero-order valence-electron chi connectivity index (χ0n) is 17.0. The number of carbonyl (C=O) groups excluding carboxylic acids is 1. The van der Waals surface area contributed by atoms with Crippen molar-refractivity contribution >= 4 is 24.0 Å². The first-order valence-electron chi connectivity index (χ1n) is 10.1. The van der Waals surface area contributed by atoms with Crippen LogP contribution in [0.4, 0.5) is 5.69 Å². The third-order valence-corrected chi connectivity index (χ3v) is 5.30. The van der Waals surface area contributed by atoms with Gasteiger partial charge in [0.1, 0.15) is 0 Å². The molecule has 2 heterocycles. The number of amides is 1. The van der Waals surface area contributed by atoms with Crippen molar-refractivity contribution in [3.8, 4) is 11.4 Å².